The van der Waals surface area contributed by atoms with Crippen LogP contribution in [-0.4, -0.2) is 31.7 Å². The van der Waals surface area contributed by atoms with Gasteiger partial charge in [0.05, 0.1) is 17.6 Å². The predicted molar refractivity (Wildman–Crippen MR) is 71.3 cm³/mol. The standard InChI is InChI=1S/C12H19N3O3/c1-3-6-18-12-8-10(14-5-4-13-2)7-11(9-12)15(16)17/h7-9,13-14H,3-6H2,1-2H3. The SMILES string of the molecule is CCCOc1cc(NCCNC)cc([N+](=O)[O-])c1. The minimum atomic E-state index is -0.415. The van der Waals surface area contributed by atoms with Crippen LogP contribution in [0.15, 0.2) is 18.2 Å². The number of nitrogens with zero attached hydrogens (tertiary/aromatic N) is 1. The Morgan fingerprint density at radius 2 is 2.11 bits per heavy atom. The molecule has 0 aliphatic carbocycles. The van der Waals surface area contributed by atoms with E-state index in [9.17, 15) is 10.1 Å². The Labute approximate surface area is 106 Å². The zero-order valence-corrected chi connectivity index (χ0v) is 10.7. The van der Waals surface area contributed by atoms with Crippen LogP contribution in [0.1, 0.15) is 13.3 Å². The summed E-state index contributed by atoms with van der Waals surface area (Å²) in [4.78, 5) is 10.4. The van der Waals surface area contributed by atoms with Crippen LogP contribution in [0.3, 0.4) is 0 Å². The van der Waals surface area contributed by atoms with Gasteiger partial charge in [-0.3, -0.25) is 10.1 Å². The lowest BCUT2D eigenvalue weighted by molar-refractivity contribution is -0.384. The quantitative estimate of drug-likeness (QED) is 0.421. The molecule has 0 radical (unpaired) electrons. The first-order chi connectivity index (χ1) is 8.67. The van der Waals surface area contributed by atoms with Crippen LogP contribution in [0.2, 0.25) is 0 Å². The molecular weight excluding hydrogens is 234 g/mol. The molecule has 2 N–H and O–H groups in total. The summed E-state index contributed by atoms with van der Waals surface area (Å²) in [5.74, 6) is 0.526. The highest BCUT2D eigenvalue weighted by molar-refractivity contribution is 5.56. The molecule has 1 aromatic carbocycles. The summed E-state index contributed by atoms with van der Waals surface area (Å²) < 4.78 is 5.43. The Morgan fingerprint density at radius 3 is 2.72 bits per heavy atom. The Kier molecular flexibility index (Phi) is 5.93. The topological polar surface area (TPSA) is 76.4 Å². The maximum atomic E-state index is 10.8. The molecular formula is C12H19N3O3. The molecule has 0 atom stereocenters. The van der Waals surface area contributed by atoms with Gasteiger partial charge in [-0.05, 0) is 13.5 Å². The van der Waals surface area contributed by atoms with E-state index in [4.69, 9.17) is 4.74 Å². The van der Waals surface area contributed by atoms with Crippen molar-refractivity contribution in [1.82, 2.24) is 5.32 Å². The van der Waals surface area contributed by atoms with Crippen LogP contribution in [-0.2, 0) is 0 Å². The lowest BCUT2D eigenvalue weighted by atomic mass is 10.2. The average molecular weight is 253 g/mol. The van der Waals surface area contributed by atoms with E-state index in [2.05, 4.69) is 10.6 Å². The highest BCUT2D eigenvalue weighted by Crippen LogP contribution is 2.26. The third-order valence-electron chi connectivity index (χ3n) is 2.28. The van der Waals surface area contributed by atoms with E-state index >= 15 is 0 Å². The van der Waals surface area contributed by atoms with Crippen molar-refractivity contribution in [3.63, 3.8) is 0 Å². The molecule has 0 heterocycles. The first kappa shape index (κ1) is 14.2. The maximum absolute atomic E-state index is 10.8. The highest BCUT2D eigenvalue weighted by atomic mass is 16.6. The summed E-state index contributed by atoms with van der Waals surface area (Å²) in [6.45, 7) is 4.03. The van der Waals surface area contributed by atoms with Crippen molar-refractivity contribution < 1.29 is 9.66 Å². The molecule has 6 heteroatoms. The number of rotatable bonds is 8. The van der Waals surface area contributed by atoms with Crippen LogP contribution >= 0.6 is 0 Å². The molecule has 0 spiro atoms. The number of hydrogen-bond donors (Lipinski definition) is 2. The van der Waals surface area contributed by atoms with Gasteiger partial charge in [-0.15, -0.1) is 0 Å². The molecule has 0 unspecified atom stereocenters. The van der Waals surface area contributed by atoms with E-state index in [1.165, 1.54) is 12.1 Å². The number of likely N-dealkylation sites (N-methyl/N-ethyl adjacent to an activating group) is 1. The molecule has 0 bridgehead atoms. The van der Waals surface area contributed by atoms with Crippen molar-refractivity contribution in [2.75, 3.05) is 32.1 Å². The number of benzene rings is 1. The first-order valence-electron chi connectivity index (χ1n) is 5.98. The normalized spacial score (nSPS) is 10.1. The maximum Gasteiger partial charge on any atom is 0.275 e. The fraction of sp³-hybridized carbons (Fsp3) is 0.500. The fourth-order valence-corrected chi connectivity index (χ4v) is 1.43. The summed E-state index contributed by atoms with van der Waals surface area (Å²) in [7, 11) is 1.85. The molecule has 18 heavy (non-hydrogen) atoms. The van der Waals surface area contributed by atoms with Gasteiger partial charge in [0.15, 0.2) is 0 Å². The molecule has 0 aliphatic heterocycles. The summed E-state index contributed by atoms with van der Waals surface area (Å²) in [6.07, 6.45) is 0.866. The molecule has 0 aliphatic rings. The first-order valence-corrected chi connectivity index (χ1v) is 5.98. The van der Waals surface area contributed by atoms with Crippen LogP contribution in [0, 0.1) is 10.1 Å². The van der Waals surface area contributed by atoms with Gasteiger partial charge < -0.3 is 15.4 Å². The molecule has 0 saturated carbocycles. The van der Waals surface area contributed by atoms with Gasteiger partial charge in [0, 0.05) is 30.9 Å². The summed E-state index contributed by atoms with van der Waals surface area (Å²) in [5.41, 5.74) is 0.737. The largest absolute Gasteiger partial charge is 0.493 e. The zero-order valence-electron chi connectivity index (χ0n) is 10.7. The highest BCUT2D eigenvalue weighted by Gasteiger charge is 2.10. The smallest absolute Gasteiger partial charge is 0.275 e. The average Bonchev–Trinajstić information content (AvgIpc) is 2.36. The van der Waals surface area contributed by atoms with Crippen LogP contribution in [0.25, 0.3) is 0 Å². The molecule has 1 rings (SSSR count). The molecule has 6 nitrogen and oxygen atoms in total. The number of nitrogens with one attached hydrogen (secondary N) is 2. The third-order valence-corrected chi connectivity index (χ3v) is 2.28. The van der Waals surface area contributed by atoms with Crippen LogP contribution in [0.5, 0.6) is 5.75 Å². The predicted octanol–water partition coefficient (Wildman–Crippen LogP) is 2.01. The fourth-order valence-electron chi connectivity index (χ4n) is 1.43. The van der Waals surface area contributed by atoms with Crippen LogP contribution < -0.4 is 15.4 Å². The minimum absolute atomic E-state index is 0.0376. The second-order valence-corrected chi connectivity index (χ2v) is 3.85. The number of hydrogen-bond acceptors (Lipinski definition) is 5. The van der Waals surface area contributed by atoms with Crippen molar-refractivity contribution in [3.8, 4) is 5.75 Å². The number of non-ortho nitro benzene ring substituents is 1. The van der Waals surface area contributed by atoms with Gasteiger partial charge in [0.1, 0.15) is 5.75 Å². The van der Waals surface area contributed by atoms with E-state index in [0.717, 1.165) is 13.0 Å². The monoisotopic (exact) mass is 253 g/mol. The number of anilines is 1. The minimum Gasteiger partial charge on any atom is -0.493 e. The Morgan fingerprint density at radius 1 is 1.33 bits per heavy atom. The third kappa shape index (κ3) is 4.58. The van der Waals surface area contributed by atoms with Gasteiger partial charge >= 0.3 is 0 Å². The van der Waals surface area contributed by atoms with E-state index in [-0.39, 0.29) is 5.69 Å². The van der Waals surface area contributed by atoms with Gasteiger partial charge in [-0.2, -0.15) is 0 Å². The van der Waals surface area contributed by atoms with Crippen molar-refractivity contribution in [3.05, 3.63) is 28.3 Å². The van der Waals surface area contributed by atoms with Crippen LogP contribution in [0.4, 0.5) is 11.4 Å². The number of nitro benzene ring substituents is 1. The molecule has 1 aromatic rings. The van der Waals surface area contributed by atoms with Gasteiger partial charge in [-0.25, -0.2) is 0 Å². The molecule has 0 saturated heterocycles. The van der Waals surface area contributed by atoms with E-state index in [1.54, 1.807) is 6.07 Å². The molecule has 0 fully saturated rings. The van der Waals surface area contributed by atoms with E-state index in [0.29, 0.717) is 24.6 Å². The summed E-state index contributed by atoms with van der Waals surface area (Å²) >= 11 is 0. The van der Waals surface area contributed by atoms with Crippen molar-refractivity contribution in [1.29, 1.82) is 0 Å². The second kappa shape index (κ2) is 7.50. The van der Waals surface area contributed by atoms with Gasteiger partial charge in [0.2, 0.25) is 0 Å². The lowest BCUT2D eigenvalue weighted by Gasteiger charge is -2.09. The van der Waals surface area contributed by atoms with Gasteiger partial charge in [-0.1, -0.05) is 6.92 Å². The Balaban J connectivity index is 2.80. The Bertz CT molecular complexity index is 396. The second-order valence-electron chi connectivity index (χ2n) is 3.85. The summed E-state index contributed by atoms with van der Waals surface area (Å²) in [6, 6.07) is 4.73. The molecule has 100 valence electrons. The zero-order chi connectivity index (χ0) is 13.4. The molecule has 0 aromatic heterocycles. The van der Waals surface area contributed by atoms with E-state index < -0.39 is 4.92 Å². The van der Waals surface area contributed by atoms with Crippen molar-refractivity contribution >= 4 is 11.4 Å². The molecule has 0 amide bonds. The lowest BCUT2D eigenvalue weighted by Crippen LogP contribution is -2.17. The van der Waals surface area contributed by atoms with Crippen molar-refractivity contribution in [2.24, 2.45) is 0 Å². The van der Waals surface area contributed by atoms with E-state index in [1.807, 2.05) is 14.0 Å². The van der Waals surface area contributed by atoms with Gasteiger partial charge in [0.25, 0.3) is 5.69 Å². The van der Waals surface area contributed by atoms with Crippen molar-refractivity contribution in [2.45, 2.75) is 13.3 Å². The number of nitro groups is 1. The number of ether oxygens (including phenoxy) is 1. The Hall–Kier alpha value is -1.82. The summed E-state index contributed by atoms with van der Waals surface area (Å²) in [5, 5.41) is 16.9.